The smallest absolute Gasteiger partial charge is 0.341 e. The molecule has 4 rings (SSSR count). The molecule has 1 aromatic carbocycles. The van der Waals surface area contributed by atoms with Crippen LogP contribution in [0.1, 0.15) is 49.6 Å². The summed E-state index contributed by atoms with van der Waals surface area (Å²) in [6.07, 6.45) is 3.17. The van der Waals surface area contributed by atoms with Crippen LogP contribution in [0, 0.1) is 0 Å². The molecular weight excluding hydrogens is 366 g/mol. The third-order valence-electron chi connectivity index (χ3n) is 4.98. The van der Waals surface area contributed by atoms with Gasteiger partial charge in [0.15, 0.2) is 6.10 Å². The number of amides is 1. The first-order chi connectivity index (χ1) is 13.1. The average Bonchev–Trinajstić information content (AvgIpc) is 3.05. The third-order valence-corrected chi connectivity index (χ3v) is 6.19. The molecule has 1 aromatic heterocycles. The van der Waals surface area contributed by atoms with Crippen molar-refractivity contribution in [2.24, 2.45) is 0 Å². The van der Waals surface area contributed by atoms with E-state index in [-0.39, 0.29) is 0 Å². The van der Waals surface area contributed by atoms with Gasteiger partial charge in [-0.05, 0) is 42.9 Å². The average molecular weight is 385 g/mol. The molecular formula is C20H19NO5S. The minimum atomic E-state index is -0.919. The lowest BCUT2D eigenvalue weighted by Gasteiger charge is -2.23. The van der Waals surface area contributed by atoms with E-state index in [0.717, 1.165) is 41.7 Å². The molecule has 1 amide bonds. The van der Waals surface area contributed by atoms with Crippen LogP contribution in [0.25, 0.3) is 0 Å². The Balaban J connectivity index is 1.60. The van der Waals surface area contributed by atoms with Gasteiger partial charge in [-0.2, -0.15) is 0 Å². The molecule has 1 atom stereocenters. The number of rotatable bonds is 3. The zero-order valence-electron chi connectivity index (χ0n) is 14.9. The molecule has 1 N–H and O–H groups in total. The summed E-state index contributed by atoms with van der Waals surface area (Å²) in [4.78, 5) is 38.3. The number of nitrogens with one attached hydrogen (secondary N) is 1. The number of carbonyl (C=O) groups excluding carboxylic acids is 3. The number of aryl methyl sites for hydroxylation is 1. The largest absolute Gasteiger partial charge is 0.465 e. The van der Waals surface area contributed by atoms with Crippen molar-refractivity contribution in [3.05, 3.63) is 51.4 Å². The van der Waals surface area contributed by atoms with E-state index >= 15 is 0 Å². The van der Waals surface area contributed by atoms with Gasteiger partial charge in [-0.15, -0.1) is 11.3 Å². The van der Waals surface area contributed by atoms with E-state index in [4.69, 9.17) is 9.47 Å². The third kappa shape index (κ3) is 3.23. The van der Waals surface area contributed by atoms with Crippen molar-refractivity contribution in [3.8, 4) is 0 Å². The lowest BCUT2D eigenvalue weighted by atomic mass is 9.95. The second-order valence-electron chi connectivity index (χ2n) is 6.65. The predicted octanol–water partition coefficient (Wildman–Crippen LogP) is 3.13. The van der Waals surface area contributed by atoms with Crippen molar-refractivity contribution in [1.82, 2.24) is 0 Å². The number of thiophene rings is 1. The Morgan fingerprint density at radius 3 is 2.81 bits per heavy atom. The highest BCUT2D eigenvalue weighted by atomic mass is 32.1. The summed E-state index contributed by atoms with van der Waals surface area (Å²) in [5.41, 5.74) is 2.68. The SMILES string of the molecule is COC(=O)c1c(NC(=O)[C@@H]2Cc3ccccc3C(=O)O2)sc2c1CCCC2. The van der Waals surface area contributed by atoms with Gasteiger partial charge in [-0.25, -0.2) is 9.59 Å². The minimum Gasteiger partial charge on any atom is -0.465 e. The van der Waals surface area contributed by atoms with Gasteiger partial charge in [0.1, 0.15) is 5.00 Å². The van der Waals surface area contributed by atoms with Crippen LogP contribution in [0.2, 0.25) is 0 Å². The zero-order valence-corrected chi connectivity index (χ0v) is 15.7. The molecule has 0 bridgehead atoms. The fourth-order valence-electron chi connectivity index (χ4n) is 3.64. The molecule has 0 saturated heterocycles. The number of methoxy groups -OCH3 is 1. The summed E-state index contributed by atoms with van der Waals surface area (Å²) < 4.78 is 10.2. The van der Waals surface area contributed by atoms with Crippen molar-refractivity contribution in [2.45, 2.75) is 38.2 Å². The summed E-state index contributed by atoms with van der Waals surface area (Å²) in [6, 6.07) is 7.10. The lowest BCUT2D eigenvalue weighted by Crippen LogP contribution is -2.38. The first-order valence-corrected chi connectivity index (χ1v) is 9.72. The quantitative estimate of drug-likeness (QED) is 0.821. The fraction of sp³-hybridized carbons (Fsp3) is 0.350. The number of hydrogen-bond donors (Lipinski definition) is 1. The van der Waals surface area contributed by atoms with E-state index in [2.05, 4.69) is 5.32 Å². The van der Waals surface area contributed by atoms with Gasteiger partial charge in [0.2, 0.25) is 0 Å². The molecule has 1 aliphatic carbocycles. The lowest BCUT2D eigenvalue weighted by molar-refractivity contribution is -0.125. The van der Waals surface area contributed by atoms with Crippen molar-refractivity contribution in [1.29, 1.82) is 0 Å². The van der Waals surface area contributed by atoms with Crippen LogP contribution < -0.4 is 5.32 Å². The maximum absolute atomic E-state index is 12.8. The maximum atomic E-state index is 12.8. The highest BCUT2D eigenvalue weighted by molar-refractivity contribution is 7.17. The van der Waals surface area contributed by atoms with E-state index in [1.54, 1.807) is 12.1 Å². The molecule has 140 valence electrons. The monoisotopic (exact) mass is 385 g/mol. The van der Waals surface area contributed by atoms with Crippen LogP contribution in [0.5, 0.6) is 0 Å². The first-order valence-electron chi connectivity index (χ1n) is 8.91. The molecule has 0 saturated carbocycles. The van der Waals surface area contributed by atoms with Crippen molar-refractivity contribution in [3.63, 3.8) is 0 Å². The molecule has 2 aliphatic rings. The number of carbonyl (C=O) groups is 3. The first kappa shape index (κ1) is 17.7. The van der Waals surface area contributed by atoms with Crippen molar-refractivity contribution in [2.75, 3.05) is 12.4 Å². The number of hydrogen-bond acceptors (Lipinski definition) is 6. The summed E-state index contributed by atoms with van der Waals surface area (Å²) >= 11 is 1.41. The van der Waals surface area contributed by atoms with Gasteiger partial charge in [0.05, 0.1) is 18.2 Å². The Labute approximate surface area is 160 Å². The van der Waals surface area contributed by atoms with Crippen LogP contribution >= 0.6 is 11.3 Å². The van der Waals surface area contributed by atoms with Gasteiger partial charge < -0.3 is 14.8 Å². The number of ether oxygens (including phenoxy) is 2. The Morgan fingerprint density at radius 2 is 2.00 bits per heavy atom. The topological polar surface area (TPSA) is 81.7 Å². The predicted molar refractivity (Wildman–Crippen MR) is 100 cm³/mol. The second kappa shape index (κ2) is 7.15. The summed E-state index contributed by atoms with van der Waals surface area (Å²) in [5, 5.41) is 3.29. The molecule has 0 fully saturated rings. The molecule has 6 nitrogen and oxygen atoms in total. The number of benzene rings is 1. The van der Waals surface area contributed by atoms with Crippen LogP contribution in [0.4, 0.5) is 5.00 Å². The summed E-state index contributed by atoms with van der Waals surface area (Å²) in [6.45, 7) is 0. The minimum absolute atomic E-state index is 0.312. The molecule has 0 spiro atoms. The van der Waals surface area contributed by atoms with Gasteiger partial charge in [-0.3, -0.25) is 4.79 Å². The Bertz CT molecular complexity index is 932. The van der Waals surface area contributed by atoms with Crippen LogP contribution in [0.15, 0.2) is 24.3 Å². The summed E-state index contributed by atoms with van der Waals surface area (Å²) in [7, 11) is 1.33. The zero-order chi connectivity index (χ0) is 19.0. The summed E-state index contributed by atoms with van der Waals surface area (Å²) in [5.74, 6) is -1.38. The van der Waals surface area contributed by atoms with Crippen molar-refractivity contribution < 1.29 is 23.9 Å². The molecule has 0 radical (unpaired) electrons. The highest BCUT2D eigenvalue weighted by Gasteiger charge is 2.33. The van der Waals surface area contributed by atoms with Gasteiger partial charge in [-0.1, -0.05) is 18.2 Å². The Hall–Kier alpha value is -2.67. The molecule has 2 heterocycles. The molecule has 2 aromatic rings. The number of esters is 2. The van der Waals surface area contributed by atoms with Gasteiger partial charge >= 0.3 is 11.9 Å². The van der Waals surface area contributed by atoms with Crippen LogP contribution in [0.3, 0.4) is 0 Å². The molecule has 1 aliphatic heterocycles. The Morgan fingerprint density at radius 1 is 1.22 bits per heavy atom. The second-order valence-corrected chi connectivity index (χ2v) is 7.76. The van der Waals surface area contributed by atoms with Gasteiger partial charge in [0, 0.05) is 11.3 Å². The maximum Gasteiger partial charge on any atom is 0.341 e. The number of cyclic esters (lactones) is 1. The molecule has 7 heteroatoms. The highest BCUT2D eigenvalue weighted by Crippen LogP contribution is 2.38. The molecule has 27 heavy (non-hydrogen) atoms. The van der Waals surface area contributed by atoms with Crippen LogP contribution in [-0.2, 0) is 33.5 Å². The number of fused-ring (bicyclic) bond motifs is 2. The van der Waals surface area contributed by atoms with E-state index in [9.17, 15) is 14.4 Å². The standard InChI is InChI=1S/C20H19NO5S/c1-25-20(24)16-13-8-4-5-9-15(13)27-18(16)21-17(22)14-10-11-6-2-3-7-12(11)19(23)26-14/h2-3,6-7,14H,4-5,8-10H2,1H3,(H,21,22)/t14-/m0/s1. The van der Waals surface area contributed by atoms with Gasteiger partial charge in [0.25, 0.3) is 5.91 Å². The Kier molecular flexibility index (Phi) is 4.70. The van der Waals surface area contributed by atoms with Crippen LogP contribution in [-0.4, -0.2) is 31.1 Å². The normalized spacial score (nSPS) is 18.1. The molecule has 0 unspecified atom stereocenters. The van der Waals surface area contributed by atoms with E-state index < -0.39 is 23.9 Å². The van der Waals surface area contributed by atoms with Crippen molar-refractivity contribution >= 4 is 34.2 Å². The fourth-order valence-corrected chi connectivity index (χ4v) is 4.92. The van der Waals surface area contributed by atoms with E-state index in [0.29, 0.717) is 22.5 Å². The van der Waals surface area contributed by atoms with E-state index in [1.165, 1.54) is 18.4 Å². The van der Waals surface area contributed by atoms with E-state index in [1.807, 2.05) is 12.1 Å². The number of anilines is 1.